The third-order valence-electron chi connectivity index (χ3n) is 4.60. The van der Waals surface area contributed by atoms with Gasteiger partial charge in [0.1, 0.15) is 18.5 Å². The second-order valence-electron chi connectivity index (χ2n) is 6.45. The van der Waals surface area contributed by atoms with Crippen molar-refractivity contribution in [2.75, 3.05) is 32.8 Å². The van der Waals surface area contributed by atoms with Gasteiger partial charge < -0.3 is 24.3 Å². The minimum atomic E-state index is -0.230. The maximum Gasteiger partial charge on any atom is 0.255 e. The molecule has 1 fully saturated rings. The van der Waals surface area contributed by atoms with Crippen LogP contribution in [-0.4, -0.2) is 39.4 Å². The standard InChI is InChI=1S/C22H21NO5/c1-25-20-10-9-14(11-21(20)26-2)22(24)23-18-7-3-6-17-16(18)5-4-8-19(17)28-13-15-12-27-15/h3-11,15H,12-13H2,1-2H3,(H,23,24). The van der Waals surface area contributed by atoms with Crippen molar-refractivity contribution >= 4 is 22.4 Å². The van der Waals surface area contributed by atoms with E-state index in [4.69, 9.17) is 18.9 Å². The molecule has 1 heterocycles. The molecule has 1 N–H and O–H groups in total. The molecular weight excluding hydrogens is 358 g/mol. The van der Waals surface area contributed by atoms with Crippen molar-refractivity contribution in [1.82, 2.24) is 0 Å². The zero-order chi connectivity index (χ0) is 19.5. The summed E-state index contributed by atoms with van der Waals surface area (Å²) in [6.07, 6.45) is 0.184. The van der Waals surface area contributed by atoms with Gasteiger partial charge in [0.05, 0.1) is 20.8 Å². The van der Waals surface area contributed by atoms with Gasteiger partial charge in [0.2, 0.25) is 0 Å². The number of amides is 1. The van der Waals surface area contributed by atoms with Crippen LogP contribution < -0.4 is 19.5 Å². The first-order valence-electron chi connectivity index (χ1n) is 8.99. The fourth-order valence-electron chi connectivity index (χ4n) is 3.03. The third kappa shape index (κ3) is 3.73. The maximum absolute atomic E-state index is 12.8. The number of nitrogens with one attached hydrogen (secondary N) is 1. The summed E-state index contributed by atoms with van der Waals surface area (Å²) in [4.78, 5) is 12.8. The first-order chi connectivity index (χ1) is 13.7. The fraction of sp³-hybridized carbons (Fsp3) is 0.227. The van der Waals surface area contributed by atoms with Crippen LogP contribution >= 0.6 is 0 Å². The lowest BCUT2D eigenvalue weighted by Gasteiger charge is -2.13. The molecule has 0 saturated carbocycles. The number of carbonyl (C=O) groups is 1. The highest BCUT2D eigenvalue weighted by Gasteiger charge is 2.23. The van der Waals surface area contributed by atoms with Gasteiger partial charge in [-0.05, 0) is 30.3 Å². The van der Waals surface area contributed by atoms with Crippen molar-refractivity contribution in [2.24, 2.45) is 0 Å². The van der Waals surface area contributed by atoms with Crippen LogP contribution in [0.25, 0.3) is 10.8 Å². The van der Waals surface area contributed by atoms with Gasteiger partial charge in [-0.15, -0.1) is 0 Å². The molecule has 3 aromatic carbocycles. The molecule has 0 aromatic heterocycles. The van der Waals surface area contributed by atoms with E-state index in [1.165, 1.54) is 0 Å². The van der Waals surface area contributed by atoms with Crippen LogP contribution in [0.2, 0.25) is 0 Å². The molecule has 0 bridgehead atoms. The lowest BCUT2D eigenvalue weighted by Crippen LogP contribution is -2.12. The Balaban J connectivity index is 1.60. The van der Waals surface area contributed by atoms with E-state index in [1.54, 1.807) is 32.4 Å². The Morgan fingerprint density at radius 1 is 1.00 bits per heavy atom. The summed E-state index contributed by atoms with van der Waals surface area (Å²) >= 11 is 0. The summed E-state index contributed by atoms with van der Waals surface area (Å²) in [5.41, 5.74) is 1.19. The smallest absolute Gasteiger partial charge is 0.255 e. The number of hydrogen-bond donors (Lipinski definition) is 1. The van der Waals surface area contributed by atoms with Gasteiger partial charge in [0.15, 0.2) is 11.5 Å². The summed E-state index contributed by atoms with van der Waals surface area (Å²) in [7, 11) is 3.10. The highest BCUT2D eigenvalue weighted by atomic mass is 16.6. The zero-order valence-corrected chi connectivity index (χ0v) is 15.7. The highest BCUT2D eigenvalue weighted by Crippen LogP contribution is 2.32. The number of rotatable bonds is 7. The van der Waals surface area contributed by atoms with Crippen LogP contribution in [0.1, 0.15) is 10.4 Å². The Hall–Kier alpha value is -3.25. The number of methoxy groups -OCH3 is 2. The van der Waals surface area contributed by atoms with Gasteiger partial charge >= 0.3 is 0 Å². The molecule has 1 amide bonds. The molecule has 1 saturated heterocycles. The molecular formula is C22H21NO5. The maximum atomic E-state index is 12.8. The van der Waals surface area contributed by atoms with Crippen LogP contribution in [-0.2, 0) is 4.74 Å². The molecule has 0 aliphatic carbocycles. The molecule has 6 nitrogen and oxygen atoms in total. The highest BCUT2D eigenvalue weighted by molar-refractivity contribution is 6.10. The first-order valence-corrected chi connectivity index (χ1v) is 8.99. The van der Waals surface area contributed by atoms with Crippen LogP contribution in [0.15, 0.2) is 54.6 Å². The average molecular weight is 379 g/mol. The van der Waals surface area contributed by atoms with Gasteiger partial charge in [0.25, 0.3) is 5.91 Å². The van der Waals surface area contributed by atoms with Crippen molar-refractivity contribution in [3.8, 4) is 17.2 Å². The number of ether oxygens (including phenoxy) is 4. The summed E-state index contributed by atoms with van der Waals surface area (Å²) < 4.78 is 21.6. The molecule has 4 rings (SSSR count). The second kappa shape index (κ2) is 7.78. The molecule has 0 radical (unpaired) electrons. The number of anilines is 1. The Bertz CT molecular complexity index is 1010. The van der Waals surface area contributed by atoms with Gasteiger partial charge in [0, 0.05) is 22.0 Å². The van der Waals surface area contributed by atoms with E-state index in [2.05, 4.69) is 5.32 Å². The van der Waals surface area contributed by atoms with Crippen LogP contribution in [0.4, 0.5) is 5.69 Å². The minimum absolute atomic E-state index is 0.184. The summed E-state index contributed by atoms with van der Waals surface area (Å²) in [6.45, 7) is 1.28. The van der Waals surface area contributed by atoms with Crippen LogP contribution in [0.3, 0.4) is 0 Å². The van der Waals surface area contributed by atoms with Gasteiger partial charge in [-0.2, -0.15) is 0 Å². The Morgan fingerprint density at radius 3 is 2.50 bits per heavy atom. The lowest BCUT2D eigenvalue weighted by molar-refractivity contribution is 0.102. The molecule has 1 unspecified atom stereocenters. The Labute approximate surface area is 163 Å². The van der Waals surface area contributed by atoms with E-state index < -0.39 is 0 Å². The molecule has 1 aliphatic rings. The summed E-state index contributed by atoms with van der Waals surface area (Å²) in [5, 5.41) is 4.82. The number of benzene rings is 3. The van der Waals surface area contributed by atoms with E-state index >= 15 is 0 Å². The van der Waals surface area contributed by atoms with E-state index in [0.717, 1.165) is 23.1 Å². The quantitative estimate of drug-likeness (QED) is 0.631. The third-order valence-corrected chi connectivity index (χ3v) is 4.60. The topological polar surface area (TPSA) is 69.3 Å². The molecule has 6 heteroatoms. The Kier molecular flexibility index (Phi) is 5.04. The molecule has 28 heavy (non-hydrogen) atoms. The Morgan fingerprint density at radius 2 is 1.75 bits per heavy atom. The number of hydrogen-bond acceptors (Lipinski definition) is 5. The summed E-state index contributed by atoms with van der Waals surface area (Å²) in [5.74, 6) is 1.62. The first kappa shape index (κ1) is 18.1. The normalized spacial score (nSPS) is 15.1. The molecule has 0 spiro atoms. The van der Waals surface area contributed by atoms with Crippen LogP contribution in [0.5, 0.6) is 17.2 Å². The van der Waals surface area contributed by atoms with Crippen molar-refractivity contribution in [1.29, 1.82) is 0 Å². The van der Waals surface area contributed by atoms with Crippen molar-refractivity contribution < 1.29 is 23.7 Å². The predicted octanol–water partition coefficient (Wildman–Crippen LogP) is 3.89. The number of epoxide rings is 1. The number of carbonyl (C=O) groups excluding carboxylic acids is 1. The van der Waals surface area contributed by atoms with E-state index in [1.807, 2.05) is 36.4 Å². The van der Waals surface area contributed by atoms with Crippen molar-refractivity contribution in [3.05, 3.63) is 60.2 Å². The second-order valence-corrected chi connectivity index (χ2v) is 6.45. The monoisotopic (exact) mass is 379 g/mol. The number of fused-ring (bicyclic) bond motifs is 1. The average Bonchev–Trinajstić information content (AvgIpc) is 3.56. The van der Waals surface area contributed by atoms with E-state index in [9.17, 15) is 4.79 Å². The summed E-state index contributed by atoms with van der Waals surface area (Å²) in [6, 6.07) is 16.6. The SMILES string of the molecule is COc1ccc(C(=O)Nc2cccc3c(OCC4CO4)cccc23)cc1OC. The zero-order valence-electron chi connectivity index (χ0n) is 15.7. The largest absolute Gasteiger partial charge is 0.493 e. The van der Waals surface area contributed by atoms with Crippen LogP contribution in [0, 0.1) is 0 Å². The van der Waals surface area contributed by atoms with Gasteiger partial charge in [-0.3, -0.25) is 4.79 Å². The van der Waals surface area contributed by atoms with E-state index in [0.29, 0.717) is 29.4 Å². The van der Waals surface area contributed by atoms with Crippen molar-refractivity contribution in [2.45, 2.75) is 6.10 Å². The van der Waals surface area contributed by atoms with E-state index in [-0.39, 0.29) is 12.0 Å². The fourth-order valence-corrected chi connectivity index (χ4v) is 3.03. The molecule has 144 valence electrons. The van der Waals surface area contributed by atoms with Gasteiger partial charge in [-0.1, -0.05) is 24.3 Å². The lowest BCUT2D eigenvalue weighted by atomic mass is 10.1. The molecule has 1 aliphatic heterocycles. The molecule has 3 aromatic rings. The minimum Gasteiger partial charge on any atom is -0.493 e. The van der Waals surface area contributed by atoms with Gasteiger partial charge in [-0.25, -0.2) is 0 Å². The van der Waals surface area contributed by atoms with Crippen molar-refractivity contribution in [3.63, 3.8) is 0 Å². The predicted molar refractivity (Wildman–Crippen MR) is 107 cm³/mol. The molecule has 1 atom stereocenters.